The summed E-state index contributed by atoms with van der Waals surface area (Å²) in [7, 11) is 0. The third-order valence-electron chi connectivity index (χ3n) is 8.73. The average molecular weight is 435 g/mol. The standard InChI is InChI=1S/C26H30N2O4/c1-15-21(29)7-9-26(2)8-6-18-19(25(31)32-24(18)23(15)26)14-27-11-16-10-17(13-27)20-4-3-5-22(30)28(20)12-16/h3-5,7,9,16-19,24H,6,8,10-14H2,1-2H3/t16-,17-,18-,19+,24+,26-/m0/s1. The Morgan fingerprint density at radius 1 is 1.16 bits per heavy atom. The van der Waals surface area contributed by atoms with Crippen LogP contribution in [0, 0.1) is 23.2 Å². The van der Waals surface area contributed by atoms with Gasteiger partial charge in [0.15, 0.2) is 5.78 Å². The topological polar surface area (TPSA) is 68.6 Å². The molecule has 0 radical (unpaired) electrons. The van der Waals surface area contributed by atoms with Crippen LogP contribution in [0.2, 0.25) is 0 Å². The van der Waals surface area contributed by atoms with E-state index in [1.165, 1.54) is 0 Å². The normalized spacial score (nSPS) is 38.2. The van der Waals surface area contributed by atoms with Gasteiger partial charge in [-0.1, -0.05) is 19.1 Å². The first kappa shape index (κ1) is 20.2. The molecule has 6 heteroatoms. The van der Waals surface area contributed by atoms with Crippen LogP contribution in [-0.4, -0.2) is 47.0 Å². The average Bonchev–Trinajstić information content (AvgIpc) is 3.06. The quantitative estimate of drug-likeness (QED) is 0.670. The third-order valence-corrected chi connectivity index (χ3v) is 8.73. The van der Waals surface area contributed by atoms with E-state index in [0.717, 1.165) is 55.7 Å². The molecule has 4 heterocycles. The van der Waals surface area contributed by atoms with E-state index in [0.29, 0.717) is 18.4 Å². The van der Waals surface area contributed by atoms with E-state index in [4.69, 9.17) is 4.74 Å². The number of hydrogen-bond donors (Lipinski definition) is 0. The van der Waals surface area contributed by atoms with Crippen LogP contribution in [-0.2, 0) is 20.9 Å². The molecule has 3 aliphatic heterocycles. The van der Waals surface area contributed by atoms with E-state index in [1.54, 1.807) is 12.1 Å². The fraction of sp³-hybridized carbons (Fsp3) is 0.577. The largest absolute Gasteiger partial charge is 0.457 e. The number of hydrogen-bond acceptors (Lipinski definition) is 5. The zero-order valence-electron chi connectivity index (χ0n) is 18.8. The van der Waals surface area contributed by atoms with E-state index in [1.807, 2.05) is 23.6 Å². The van der Waals surface area contributed by atoms with E-state index >= 15 is 0 Å². The van der Waals surface area contributed by atoms with Gasteiger partial charge in [0.2, 0.25) is 0 Å². The van der Waals surface area contributed by atoms with Crippen molar-refractivity contribution in [3.05, 3.63) is 57.5 Å². The zero-order valence-corrected chi connectivity index (χ0v) is 18.8. The lowest BCUT2D eigenvalue weighted by molar-refractivity contribution is -0.144. The van der Waals surface area contributed by atoms with Crippen molar-refractivity contribution in [2.24, 2.45) is 23.2 Å². The summed E-state index contributed by atoms with van der Waals surface area (Å²) in [5.41, 5.74) is 2.83. The Balaban J connectivity index is 1.24. The molecule has 32 heavy (non-hydrogen) atoms. The number of nitrogens with zero attached hydrogens (tertiary/aromatic N) is 2. The highest BCUT2D eigenvalue weighted by molar-refractivity contribution is 6.05. The second-order valence-electron chi connectivity index (χ2n) is 10.7. The zero-order chi connectivity index (χ0) is 22.2. The van der Waals surface area contributed by atoms with Crippen molar-refractivity contribution in [1.82, 2.24) is 9.47 Å². The molecule has 3 fully saturated rings. The molecular formula is C26H30N2O4. The monoisotopic (exact) mass is 434 g/mol. The van der Waals surface area contributed by atoms with Gasteiger partial charge < -0.3 is 14.2 Å². The van der Waals surface area contributed by atoms with Crippen LogP contribution in [0.15, 0.2) is 46.3 Å². The van der Waals surface area contributed by atoms with Crippen molar-refractivity contribution in [1.29, 1.82) is 0 Å². The number of likely N-dealkylation sites (tertiary alicyclic amines) is 1. The number of carbonyl (C=O) groups excluding carboxylic acids is 2. The van der Waals surface area contributed by atoms with Gasteiger partial charge in [0.25, 0.3) is 5.56 Å². The number of esters is 1. The summed E-state index contributed by atoms with van der Waals surface area (Å²) in [4.78, 5) is 40.2. The maximum Gasteiger partial charge on any atom is 0.311 e. The minimum atomic E-state index is -0.274. The molecule has 2 saturated heterocycles. The van der Waals surface area contributed by atoms with Gasteiger partial charge in [-0.15, -0.1) is 0 Å². The number of ketones is 1. The molecule has 1 aromatic rings. The van der Waals surface area contributed by atoms with Crippen molar-refractivity contribution in [2.75, 3.05) is 19.6 Å². The van der Waals surface area contributed by atoms with Crippen molar-refractivity contribution in [3.63, 3.8) is 0 Å². The lowest BCUT2D eigenvalue weighted by Gasteiger charge is -2.45. The van der Waals surface area contributed by atoms with Crippen molar-refractivity contribution < 1.29 is 14.3 Å². The maximum atomic E-state index is 13.1. The number of carbonyl (C=O) groups is 2. The Labute approximate surface area is 187 Å². The van der Waals surface area contributed by atoms with Crippen LogP contribution in [0.4, 0.5) is 0 Å². The van der Waals surface area contributed by atoms with E-state index in [-0.39, 0.29) is 40.7 Å². The van der Waals surface area contributed by atoms with Crippen LogP contribution in [0.25, 0.3) is 0 Å². The van der Waals surface area contributed by atoms with Crippen molar-refractivity contribution in [3.8, 4) is 0 Å². The summed E-state index contributed by atoms with van der Waals surface area (Å²) < 4.78 is 7.93. The van der Waals surface area contributed by atoms with Gasteiger partial charge in [0, 0.05) is 60.8 Å². The van der Waals surface area contributed by atoms with Gasteiger partial charge in [0.05, 0.1) is 5.92 Å². The Kier molecular flexibility index (Phi) is 4.42. The molecule has 168 valence electrons. The molecule has 0 spiro atoms. The van der Waals surface area contributed by atoms with Gasteiger partial charge in [-0.2, -0.15) is 0 Å². The van der Waals surface area contributed by atoms with E-state index < -0.39 is 0 Å². The summed E-state index contributed by atoms with van der Waals surface area (Å²) in [5, 5.41) is 0. The highest BCUT2D eigenvalue weighted by atomic mass is 16.6. The van der Waals surface area contributed by atoms with E-state index in [9.17, 15) is 14.4 Å². The lowest BCUT2D eigenvalue weighted by Crippen LogP contribution is -2.49. The van der Waals surface area contributed by atoms with Gasteiger partial charge in [-0.3, -0.25) is 14.4 Å². The number of allylic oxidation sites excluding steroid dienone is 3. The molecule has 2 aliphatic carbocycles. The van der Waals surface area contributed by atoms with Gasteiger partial charge in [-0.05, 0) is 49.8 Å². The number of piperidine rings is 1. The molecule has 6 atom stereocenters. The Morgan fingerprint density at radius 3 is 2.84 bits per heavy atom. The Hall–Kier alpha value is -2.47. The minimum absolute atomic E-state index is 0.0374. The third kappa shape index (κ3) is 2.92. The molecular weight excluding hydrogens is 404 g/mol. The van der Waals surface area contributed by atoms with Crippen LogP contribution < -0.4 is 5.56 Å². The summed E-state index contributed by atoms with van der Waals surface area (Å²) in [6.07, 6.45) is 6.41. The first-order valence-corrected chi connectivity index (χ1v) is 11.9. The fourth-order valence-electron chi connectivity index (χ4n) is 7.20. The second kappa shape index (κ2) is 7.01. The molecule has 0 unspecified atom stereocenters. The van der Waals surface area contributed by atoms with Crippen LogP contribution in [0.3, 0.4) is 0 Å². The first-order valence-electron chi connectivity index (χ1n) is 11.9. The minimum Gasteiger partial charge on any atom is -0.457 e. The predicted octanol–water partition coefficient (Wildman–Crippen LogP) is 2.68. The van der Waals surface area contributed by atoms with Crippen LogP contribution >= 0.6 is 0 Å². The summed E-state index contributed by atoms with van der Waals surface area (Å²) >= 11 is 0. The SMILES string of the molecule is CC1=C2[C@@H]3OC(=O)[C@H](CN4C[C@@H]5C[C@@H](C4)c4cccc(=O)n4C5)[C@@H]3CC[C@@]2(C)C=CC1=O. The lowest BCUT2D eigenvalue weighted by atomic mass is 9.61. The molecule has 0 aromatic carbocycles. The number of rotatable bonds is 2. The van der Waals surface area contributed by atoms with Crippen LogP contribution in [0.5, 0.6) is 0 Å². The Morgan fingerprint density at radius 2 is 2.00 bits per heavy atom. The molecule has 1 aromatic heterocycles. The highest BCUT2D eigenvalue weighted by Gasteiger charge is 2.54. The highest BCUT2D eigenvalue weighted by Crippen LogP contribution is 2.53. The number of pyridine rings is 1. The fourth-order valence-corrected chi connectivity index (χ4v) is 7.20. The number of ether oxygens (including phenoxy) is 1. The summed E-state index contributed by atoms with van der Waals surface area (Å²) in [5.74, 6) is 0.689. The molecule has 2 bridgehead atoms. The first-order chi connectivity index (χ1) is 15.3. The maximum absolute atomic E-state index is 13.1. The Bertz CT molecular complexity index is 1130. The second-order valence-corrected chi connectivity index (χ2v) is 10.7. The van der Waals surface area contributed by atoms with Gasteiger partial charge in [-0.25, -0.2) is 0 Å². The van der Waals surface area contributed by atoms with Gasteiger partial charge >= 0.3 is 5.97 Å². The van der Waals surface area contributed by atoms with Gasteiger partial charge in [0.1, 0.15) is 6.10 Å². The van der Waals surface area contributed by atoms with Crippen molar-refractivity contribution >= 4 is 11.8 Å². The predicted molar refractivity (Wildman–Crippen MR) is 119 cm³/mol. The molecule has 0 amide bonds. The van der Waals surface area contributed by atoms with E-state index in [2.05, 4.69) is 17.9 Å². The number of aromatic nitrogens is 1. The van der Waals surface area contributed by atoms with Crippen LogP contribution in [0.1, 0.15) is 44.7 Å². The molecule has 6 nitrogen and oxygen atoms in total. The number of fused-ring (bicyclic) bond motifs is 7. The molecule has 5 aliphatic rings. The summed E-state index contributed by atoms with van der Waals surface area (Å²) in [6, 6.07) is 5.59. The smallest absolute Gasteiger partial charge is 0.311 e. The van der Waals surface area contributed by atoms with Crippen molar-refractivity contribution in [2.45, 2.75) is 51.7 Å². The summed E-state index contributed by atoms with van der Waals surface area (Å²) in [6.45, 7) is 7.31. The molecule has 6 rings (SSSR count). The molecule has 0 N–H and O–H groups in total. The molecule has 1 saturated carbocycles.